The number of rotatable bonds is 2. The molecular formula is C6H10ClN3OS. The Morgan fingerprint density at radius 2 is 1.75 bits per heavy atom. The van der Waals surface area contributed by atoms with Gasteiger partial charge in [-0.1, -0.05) is 18.2 Å². The van der Waals surface area contributed by atoms with Crippen molar-refractivity contribution in [3.63, 3.8) is 0 Å². The monoisotopic (exact) mass is 207 g/mol. The Balaban J connectivity index is 0.00000121. The predicted octanol–water partition coefficient (Wildman–Crippen LogP) is 0.326. The van der Waals surface area contributed by atoms with Crippen LogP contribution in [0.15, 0.2) is 30.3 Å². The lowest BCUT2D eigenvalue weighted by molar-refractivity contribution is 0.592. The van der Waals surface area contributed by atoms with E-state index in [1.54, 1.807) is 24.3 Å². The lowest BCUT2D eigenvalue weighted by Gasteiger charge is -2.15. The van der Waals surface area contributed by atoms with Gasteiger partial charge in [0.05, 0.1) is 0 Å². The standard InChI is InChI=1S/C6H9N3OS.ClH/c7-9(11(8)10)6-4-2-1-3-5-6;/h1-5H,7-8H2;1H. The molecule has 0 aliphatic heterocycles. The number of anilines is 1. The summed E-state index contributed by atoms with van der Waals surface area (Å²) >= 11 is -1.65. The molecule has 0 bridgehead atoms. The van der Waals surface area contributed by atoms with Crippen molar-refractivity contribution in [2.24, 2.45) is 11.0 Å². The van der Waals surface area contributed by atoms with Crippen LogP contribution < -0.4 is 15.4 Å². The second kappa shape index (κ2) is 5.23. The molecule has 1 aromatic rings. The van der Waals surface area contributed by atoms with Gasteiger partial charge in [-0.05, 0) is 12.1 Å². The Labute approximate surface area is 80.4 Å². The molecule has 0 heterocycles. The molecule has 6 heteroatoms. The van der Waals surface area contributed by atoms with Crippen molar-refractivity contribution in [3.8, 4) is 0 Å². The summed E-state index contributed by atoms with van der Waals surface area (Å²) < 4.78 is 11.6. The van der Waals surface area contributed by atoms with E-state index in [-0.39, 0.29) is 12.4 Å². The van der Waals surface area contributed by atoms with E-state index < -0.39 is 11.5 Å². The van der Waals surface area contributed by atoms with Gasteiger partial charge in [-0.2, -0.15) is 0 Å². The van der Waals surface area contributed by atoms with Crippen molar-refractivity contribution in [1.82, 2.24) is 0 Å². The topological polar surface area (TPSA) is 78.3 Å². The highest BCUT2D eigenvalue weighted by Crippen LogP contribution is 2.10. The Morgan fingerprint density at radius 3 is 2.17 bits per heavy atom. The second-order valence-corrected chi connectivity index (χ2v) is 2.88. The summed E-state index contributed by atoms with van der Waals surface area (Å²) in [6.07, 6.45) is 0. The van der Waals surface area contributed by atoms with Crippen molar-refractivity contribution in [1.29, 1.82) is 0 Å². The Bertz CT molecular complexity index is 221. The molecule has 0 aliphatic rings. The van der Waals surface area contributed by atoms with E-state index in [0.717, 1.165) is 4.41 Å². The van der Waals surface area contributed by atoms with Gasteiger partial charge >= 0.3 is 0 Å². The molecule has 1 aromatic carbocycles. The van der Waals surface area contributed by atoms with Gasteiger partial charge in [-0.25, -0.2) is 5.84 Å². The van der Waals surface area contributed by atoms with Gasteiger partial charge in [0.25, 0.3) is 0 Å². The Hall–Kier alpha value is -0.460. The first-order valence-electron chi connectivity index (χ1n) is 2.98. The summed E-state index contributed by atoms with van der Waals surface area (Å²) in [6.45, 7) is 0. The number of hydrogen-bond donors (Lipinski definition) is 2. The molecule has 0 spiro atoms. The van der Waals surface area contributed by atoms with E-state index in [1.807, 2.05) is 6.07 Å². The number of nitrogens with two attached hydrogens (primary N) is 2. The van der Waals surface area contributed by atoms with Crippen molar-refractivity contribution in [3.05, 3.63) is 30.3 Å². The van der Waals surface area contributed by atoms with Gasteiger partial charge in [0.1, 0.15) is 5.69 Å². The third-order valence-corrected chi connectivity index (χ3v) is 1.80. The summed E-state index contributed by atoms with van der Waals surface area (Å²) in [7, 11) is 0. The molecule has 0 saturated carbocycles. The Morgan fingerprint density at radius 1 is 1.25 bits per heavy atom. The third kappa shape index (κ3) is 2.88. The van der Waals surface area contributed by atoms with Gasteiger partial charge in [-0.3, -0.25) is 0 Å². The van der Waals surface area contributed by atoms with E-state index in [9.17, 15) is 4.55 Å². The maximum absolute atomic E-state index is 10.6. The van der Waals surface area contributed by atoms with E-state index in [4.69, 9.17) is 11.0 Å². The van der Waals surface area contributed by atoms with Crippen LogP contribution in [-0.2, 0) is 11.5 Å². The van der Waals surface area contributed by atoms with Gasteiger partial charge in [0.2, 0.25) is 0 Å². The van der Waals surface area contributed by atoms with Gasteiger partial charge in [0.15, 0.2) is 11.5 Å². The molecule has 1 atom stereocenters. The number of para-hydroxylation sites is 1. The minimum atomic E-state index is -1.65. The fraction of sp³-hybridized carbons (Fsp3) is 0. The molecule has 4 N–H and O–H groups in total. The lowest BCUT2D eigenvalue weighted by atomic mass is 10.3. The molecule has 68 valence electrons. The first-order valence-corrected chi connectivity index (χ1v) is 4.15. The molecule has 0 saturated heterocycles. The molecule has 12 heavy (non-hydrogen) atoms. The zero-order chi connectivity index (χ0) is 8.27. The average Bonchev–Trinajstić information content (AvgIpc) is 2.05. The predicted molar refractivity (Wildman–Crippen MR) is 52.7 cm³/mol. The third-order valence-electron chi connectivity index (χ3n) is 1.20. The molecule has 0 radical (unpaired) electrons. The van der Waals surface area contributed by atoms with Gasteiger partial charge < -0.3 is 4.55 Å². The quantitative estimate of drug-likeness (QED) is 0.416. The van der Waals surface area contributed by atoms with Crippen molar-refractivity contribution in [2.75, 3.05) is 4.41 Å². The largest absolute Gasteiger partial charge is 0.573 e. The zero-order valence-corrected chi connectivity index (χ0v) is 7.85. The van der Waals surface area contributed by atoms with Gasteiger partial charge in [-0.15, -0.1) is 22.0 Å². The highest BCUT2D eigenvalue weighted by Gasteiger charge is 2.09. The van der Waals surface area contributed by atoms with Crippen LogP contribution >= 0.6 is 12.4 Å². The first-order chi connectivity index (χ1) is 5.22. The van der Waals surface area contributed by atoms with Crippen LogP contribution in [0, 0.1) is 0 Å². The molecule has 1 unspecified atom stereocenters. The molecule has 0 fully saturated rings. The van der Waals surface area contributed by atoms with Crippen LogP contribution in [0.25, 0.3) is 0 Å². The maximum atomic E-state index is 10.6. The summed E-state index contributed by atoms with van der Waals surface area (Å²) in [6, 6.07) is 8.89. The second-order valence-electron chi connectivity index (χ2n) is 1.94. The van der Waals surface area contributed by atoms with Crippen molar-refractivity contribution in [2.45, 2.75) is 0 Å². The molecule has 0 aromatic heterocycles. The first kappa shape index (κ1) is 11.5. The summed E-state index contributed by atoms with van der Waals surface area (Å²) in [4.78, 5) is 0. The van der Waals surface area contributed by atoms with E-state index in [1.165, 1.54) is 0 Å². The van der Waals surface area contributed by atoms with Crippen LogP contribution in [0.1, 0.15) is 0 Å². The number of hydrazine groups is 1. The van der Waals surface area contributed by atoms with Crippen molar-refractivity contribution < 1.29 is 4.55 Å². The molecule has 4 nitrogen and oxygen atoms in total. The highest BCUT2D eigenvalue weighted by atomic mass is 35.5. The fourth-order valence-electron chi connectivity index (χ4n) is 0.679. The highest BCUT2D eigenvalue weighted by molar-refractivity contribution is 7.90. The van der Waals surface area contributed by atoms with Gasteiger partial charge in [0, 0.05) is 0 Å². The van der Waals surface area contributed by atoms with Crippen LogP contribution in [-0.4, -0.2) is 4.55 Å². The maximum Gasteiger partial charge on any atom is 0.179 e. The number of nitrogens with zero attached hydrogens (tertiary/aromatic N) is 1. The van der Waals surface area contributed by atoms with Crippen LogP contribution in [0.2, 0.25) is 0 Å². The smallest absolute Gasteiger partial charge is 0.179 e. The Kier molecular flexibility index (Phi) is 5.03. The van der Waals surface area contributed by atoms with Crippen LogP contribution in [0.5, 0.6) is 0 Å². The lowest BCUT2D eigenvalue weighted by Crippen LogP contribution is -2.42. The SMILES string of the molecule is Cl.NN(c1ccccc1)[S+](N)[O-]. The number of benzene rings is 1. The number of hydrogen-bond acceptors (Lipinski definition) is 4. The average molecular weight is 208 g/mol. The van der Waals surface area contributed by atoms with Crippen molar-refractivity contribution >= 4 is 29.6 Å². The number of halogens is 1. The summed E-state index contributed by atoms with van der Waals surface area (Å²) in [5.74, 6) is 5.35. The van der Waals surface area contributed by atoms with E-state index in [2.05, 4.69) is 0 Å². The molecule has 0 aliphatic carbocycles. The van der Waals surface area contributed by atoms with E-state index in [0.29, 0.717) is 5.69 Å². The molecule has 1 rings (SSSR count). The normalized spacial score (nSPS) is 11.6. The van der Waals surface area contributed by atoms with Crippen LogP contribution in [0.4, 0.5) is 5.69 Å². The fourth-order valence-corrected chi connectivity index (χ4v) is 1.01. The van der Waals surface area contributed by atoms with Crippen LogP contribution in [0.3, 0.4) is 0 Å². The minimum absolute atomic E-state index is 0. The molecular weight excluding hydrogens is 198 g/mol. The summed E-state index contributed by atoms with van der Waals surface area (Å²) in [5.41, 5.74) is 0.633. The molecule has 0 amide bonds. The van der Waals surface area contributed by atoms with E-state index >= 15 is 0 Å². The zero-order valence-electron chi connectivity index (χ0n) is 6.21. The minimum Gasteiger partial charge on any atom is -0.573 e. The summed E-state index contributed by atoms with van der Waals surface area (Å²) in [5, 5.41) is 5.04.